The largest absolute Gasteiger partial charge is 0.510 e. The van der Waals surface area contributed by atoms with Gasteiger partial charge >= 0.3 is 0 Å². The summed E-state index contributed by atoms with van der Waals surface area (Å²) in [6, 6.07) is 16.1. The van der Waals surface area contributed by atoms with Crippen molar-refractivity contribution in [1.29, 1.82) is 0 Å². The van der Waals surface area contributed by atoms with Gasteiger partial charge in [0.25, 0.3) is 5.91 Å². The van der Waals surface area contributed by atoms with Crippen LogP contribution in [0.5, 0.6) is 11.5 Å². The highest BCUT2D eigenvalue weighted by molar-refractivity contribution is 6.25. The van der Waals surface area contributed by atoms with Crippen molar-refractivity contribution < 1.29 is 44.3 Å². The molecule has 3 aromatic rings. The molecule has 0 radical (unpaired) electrons. The molecule has 0 bridgehead atoms. The Morgan fingerprint density at radius 2 is 1.64 bits per heavy atom. The maximum Gasteiger partial charge on any atom is 0.255 e. The molecule has 11 heteroatoms. The number of amides is 1. The average molecular weight is 639 g/mol. The maximum absolute atomic E-state index is 14.0. The average Bonchev–Trinajstić information content (AvgIpc) is 3.03. The molecule has 0 saturated carbocycles. The maximum atomic E-state index is 14.0. The van der Waals surface area contributed by atoms with Crippen molar-refractivity contribution >= 4 is 23.3 Å². The first-order chi connectivity index (χ1) is 22.3. The van der Waals surface area contributed by atoms with E-state index in [0.717, 1.165) is 11.1 Å². The number of ketones is 3. The number of allylic oxidation sites excluding steroid dienone is 1. The minimum Gasteiger partial charge on any atom is -0.510 e. The summed E-state index contributed by atoms with van der Waals surface area (Å²) in [7, 11) is 4.72. The van der Waals surface area contributed by atoms with Crippen LogP contribution in [0.1, 0.15) is 38.3 Å². The van der Waals surface area contributed by atoms with Gasteiger partial charge in [-0.3, -0.25) is 24.1 Å². The van der Waals surface area contributed by atoms with E-state index >= 15 is 0 Å². The third-order valence-corrected chi connectivity index (χ3v) is 9.65. The molecule has 242 valence electrons. The number of carbonyl (C=O) groups excluding carboxylic acids is 4. The van der Waals surface area contributed by atoms with Crippen molar-refractivity contribution in [1.82, 2.24) is 4.90 Å². The monoisotopic (exact) mass is 638 g/mol. The molecule has 6 N–H and O–H groups in total. The molecule has 0 saturated heterocycles. The predicted molar refractivity (Wildman–Crippen MR) is 170 cm³/mol. The lowest BCUT2D eigenvalue weighted by Gasteiger charge is -2.50. The Kier molecular flexibility index (Phi) is 7.77. The predicted octanol–water partition coefficient (Wildman–Crippen LogP) is 3.22. The lowest BCUT2D eigenvalue weighted by Crippen LogP contribution is -2.63. The van der Waals surface area contributed by atoms with E-state index in [0.29, 0.717) is 22.4 Å². The number of benzene rings is 3. The molecule has 0 spiro atoms. The molecule has 4 atom stereocenters. The van der Waals surface area contributed by atoms with Crippen molar-refractivity contribution in [3.05, 3.63) is 106 Å². The summed E-state index contributed by atoms with van der Waals surface area (Å²) in [5.41, 5.74) is 4.79. The van der Waals surface area contributed by atoms with E-state index in [1.165, 1.54) is 11.0 Å². The van der Waals surface area contributed by atoms with Crippen molar-refractivity contribution in [2.75, 3.05) is 21.2 Å². The normalized spacial score (nSPS) is 23.7. The molecule has 6 rings (SSSR count). The Hall–Kier alpha value is -5.26. The van der Waals surface area contributed by atoms with Crippen LogP contribution in [-0.2, 0) is 22.4 Å². The highest BCUT2D eigenvalue weighted by atomic mass is 16.5. The molecule has 3 aliphatic carbocycles. The molecular weight excluding hydrogens is 604 g/mol. The number of ether oxygens (including phenoxy) is 1. The summed E-state index contributed by atoms with van der Waals surface area (Å²) in [6.07, 6.45) is 0.326. The number of Topliss-reactive ketones (excluding diaryl/α,β-unsaturated/α-hetero) is 3. The third kappa shape index (κ3) is 4.90. The Balaban J connectivity index is 1.37. The van der Waals surface area contributed by atoms with E-state index in [2.05, 4.69) is 0 Å². The molecule has 3 aromatic carbocycles. The number of phenolic OH excluding ortho intramolecular Hbond substituents is 1. The van der Waals surface area contributed by atoms with Gasteiger partial charge in [0.15, 0.2) is 17.2 Å². The SMILES string of the molecule is COc1ccc(C(=O)Cc2ccc(-c3ccc(O)c4c3C[C@H]3C[C@H]5C(N(C)C)C(O)=C(C(N)=O)C(=O)[C@@]5(O)C(O)=C3C4=O)cc2)cc1. The summed E-state index contributed by atoms with van der Waals surface area (Å²) in [6.45, 7) is 0. The number of aromatic hydroxyl groups is 1. The van der Waals surface area contributed by atoms with Gasteiger partial charge < -0.3 is 30.9 Å². The van der Waals surface area contributed by atoms with Crippen LogP contribution in [0.3, 0.4) is 0 Å². The second-order valence-corrected chi connectivity index (χ2v) is 12.5. The van der Waals surface area contributed by atoms with Crippen LogP contribution < -0.4 is 10.5 Å². The summed E-state index contributed by atoms with van der Waals surface area (Å²) < 4.78 is 5.16. The van der Waals surface area contributed by atoms with Crippen LogP contribution in [-0.4, -0.2) is 81.4 Å². The number of primary amides is 1. The number of phenols is 1. The van der Waals surface area contributed by atoms with E-state index in [4.69, 9.17) is 10.5 Å². The first kappa shape index (κ1) is 31.7. The zero-order chi connectivity index (χ0) is 33.9. The third-order valence-electron chi connectivity index (χ3n) is 9.65. The van der Waals surface area contributed by atoms with E-state index in [-0.39, 0.29) is 41.9 Å². The number of rotatable bonds is 7. The first-order valence-corrected chi connectivity index (χ1v) is 15.1. The molecule has 0 aromatic heterocycles. The van der Waals surface area contributed by atoms with Crippen molar-refractivity contribution in [3.63, 3.8) is 0 Å². The lowest BCUT2D eigenvalue weighted by molar-refractivity contribution is -0.148. The number of hydrogen-bond acceptors (Lipinski definition) is 10. The molecule has 0 aliphatic heterocycles. The van der Waals surface area contributed by atoms with Gasteiger partial charge in [-0.15, -0.1) is 0 Å². The molecule has 11 nitrogen and oxygen atoms in total. The Morgan fingerprint density at radius 3 is 2.23 bits per heavy atom. The Morgan fingerprint density at radius 1 is 0.979 bits per heavy atom. The van der Waals surface area contributed by atoms with Gasteiger partial charge in [0.05, 0.1) is 18.7 Å². The topological polar surface area (TPSA) is 188 Å². The Labute approximate surface area is 270 Å². The summed E-state index contributed by atoms with van der Waals surface area (Å²) in [5, 5.41) is 45.1. The van der Waals surface area contributed by atoms with Crippen LogP contribution >= 0.6 is 0 Å². The Bertz CT molecular complexity index is 1910. The standard InChI is InChI=1S/C36H34N2O9/c1-38(2)30-24-16-20-15-23-22(18-6-4-17(5-7-18)14-26(40)19-8-10-21(47-3)11-9-19)12-13-25(39)28(23)31(41)27(20)33(43)36(24,46)34(44)29(32(30)42)35(37)45/h4-13,20,24,30,39,42-43,46H,14-16H2,1-3H3,(H2,37,45)/t20-,24-,30?,36-/m0/s1. The number of aliphatic hydroxyl groups is 3. The highest BCUT2D eigenvalue weighted by Gasteiger charge is 2.63. The van der Waals surface area contributed by atoms with Gasteiger partial charge in [-0.2, -0.15) is 0 Å². The summed E-state index contributed by atoms with van der Waals surface area (Å²) in [5.74, 6) is -6.39. The molecule has 1 unspecified atom stereocenters. The van der Waals surface area contributed by atoms with Gasteiger partial charge in [0.2, 0.25) is 5.78 Å². The molecule has 0 heterocycles. The van der Waals surface area contributed by atoms with E-state index in [1.54, 1.807) is 51.5 Å². The fourth-order valence-corrected chi connectivity index (χ4v) is 7.39. The van der Waals surface area contributed by atoms with Crippen LogP contribution in [0.15, 0.2) is 83.3 Å². The molecule has 1 amide bonds. The van der Waals surface area contributed by atoms with Gasteiger partial charge in [-0.05, 0) is 85.4 Å². The fraction of sp³-hybridized carbons (Fsp3) is 0.278. The van der Waals surface area contributed by atoms with Crippen LogP contribution in [0.2, 0.25) is 0 Å². The van der Waals surface area contributed by atoms with Gasteiger partial charge in [0.1, 0.15) is 28.6 Å². The van der Waals surface area contributed by atoms with Crippen molar-refractivity contribution in [3.8, 4) is 22.6 Å². The number of hydrogen-bond donors (Lipinski definition) is 5. The smallest absolute Gasteiger partial charge is 0.255 e. The second kappa shape index (κ2) is 11.5. The summed E-state index contributed by atoms with van der Waals surface area (Å²) in [4.78, 5) is 54.1. The number of nitrogens with two attached hydrogens (primary N) is 1. The van der Waals surface area contributed by atoms with Gasteiger partial charge in [-0.1, -0.05) is 30.3 Å². The first-order valence-electron chi connectivity index (χ1n) is 15.1. The van der Waals surface area contributed by atoms with Crippen LogP contribution in [0.25, 0.3) is 11.1 Å². The molecule has 3 aliphatic rings. The van der Waals surface area contributed by atoms with Crippen LogP contribution in [0.4, 0.5) is 0 Å². The van der Waals surface area contributed by atoms with Gasteiger partial charge in [-0.25, -0.2) is 0 Å². The molecule has 0 fully saturated rings. The van der Waals surface area contributed by atoms with Crippen molar-refractivity contribution in [2.24, 2.45) is 17.6 Å². The minimum absolute atomic E-state index is 0.00668. The second-order valence-electron chi connectivity index (χ2n) is 12.5. The summed E-state index contributed by atoms with van der Waals surface area (Å²) >= 11 is 0. The molecule has 47 heavy (non-hydrogen) atoms. The number of fused-ring (bicyclic) bond motifs is 3. The lowest BCUT2D eigenvalue weighted by atomic mass is 9.58. The van der Waals surface area contributed by atoms with E-state index < -0.39 is 58.0 Å². The number of aliphatic hydroxyl groups excluding tert-OH is 2. The number of carbonyl (C=O) groups is 4. The molecular formula is C36H34N2O9. The van der Waals surface area contributed by atoms with E-state index in [1.807, 2.05) is 24.3 Å². The van der Waals surface area contributed by atoms with Crippen LogP contribution in [0, 0.1) is 11.8 Å². The fourth-order valence-electron chi connectivity index (χ4n) is 7.39. The number of methoxy groups -OCH3 is 1. The number of nitrogens with zero attached hydrogens (tertiary/aromatic N) is 1. The van der Waals surface area contributed by atoms with Crippen molar-refractivity contribution in [2.45, 2.75) is 30.9 Å². The zero-order valence-corrected chi connectivity index (χ0v) is 26.0. The van der Waals surface area contributed by atoms with E-state index in [9.17, 15) is 39.6 Å². The highest BCUT2D eigenvalue weighted by Crippen LogP contribution is 2.53. The minimum atomic E-state index is -2.70. The van der Waals surface area contributed by atoms with Gasteiger partial charge in [0, 0.05) is 23.5 Å². The zero-order valence-electron chi connectivity index (χ0n) is 26.0. The number of likely N-dealkylation sites (N-methyl/N-ethyl adjacent to an activating group) is 1. The quantitative estimate of drug-likeness (QED) is 0.190.